The van der Waals surface area contributed by atoms with Crippen molar-refractivity contribution in [2.24, 2.45) is 0 Å². The molecule has 1 aliphatic rings. The van der Waals surface area contributed by atoms with E-state index in [4.69, 9.17) is 4.52 Å². The normalized spacial score (nSPS) is 14.5. The molecular formula is C20H25N7O2S. The molecule has 0 atom stereocenters. The van der Waals surface area contributed by atoms with Crippen molar-refractivity contribution in [2.45, 2.75) is 39.5 Å². The van der Waals surface area contributed by atoms with Crippen LogP contribution in [0.2, 0.25) is 0 Å². The Labute approximate surface area is 179 Å². The van der Waals surface area contributed by atoms with Crippen molar-refractivity contribution in [1.82, 2.24) is 29.6 Å². The molecular weight excluding hydrogens is 402 g/mol. The lowest BCUT2D eigenvalue weighted by molar-refractivity contribution is 0.0750. The number of piperazine rings is 1. The number of aromatic nitrogens is 5. The van der Waals surface area contributed by atoms with Gasteiger partial charge in [-0.2, -0.15) is 4.98 Å². The van der Waals surface area contributed by atoms with Gasteiger partial charge in [0.05, 0.1) is 5.69 Å². The predicted molar refractivity (Wildman–Crippen MR) is 114 cm³/mol. The standard InChI is InChI=1S/C20H25N7O2S/c1-4-5-15-17(30-25-23-15)20(28)27-10-8-26(9-11-27)16-7-6-14(12-21-16)18-22-19(13(2)3)29-24-18/h6-7,12-13H,4-5,8-11H2,1-3H3. The van der Waals surface area contributed by atoms with Crippen molar-refractivity contribution in [3.8, 4) is 11.4 Å². The Kier molecular flexibility index (Phi) is 6.03. The summed E-state index contributed by atoms with van der Waals surface area (Å²) in [6.07, 6.45) is 3.50. The first-order valence-corrected chi connectivity index (χ1v) is 11.0. The fraction of sp³-hybridized carbons (Fsp3) is 0.500. The molecule has 3 aromatic rings. The van der Waals surface area contributed by atoms with Crippen LogP contribution < -0.4 is 4.90 Å². The number of hydrogen-bond donors (Lipinski definition) is 0. The number of anilines is 1. The van der Waals surface area contributed by atoms with Gasteiger partial charge in [-0.1, -0.05) is 36.8 Å². The molecule has 1 aliphatic heterocycles. The maximum atomic E-state index is 12.9. The Morgan fingerprint density at radius 2 is 2.03 bits per heavy atom. The van der Waals surface area contributed by atoms with E-state index in [1.807, 2.05) is 30.9 Å². The molecule has 9 nitrogen and oxygen atoms in total. The molecule has 0 N–H and O–H groups in total. The van der Waals surface area contributed by atoms with Crippen molar-refractivity contribution in [2.75, 3.05) is 31.1 Å². The zero-order valence-electron chi connectivity index (χ0n) is 17.4. The van der Waals surface area contributed by atoms with Crippen LogP contribution in [0.15, 0.2) is 22.9 Å². The van der Waals surface area contributed by atoms with Crippen LogP contribution >= 0.6 is 11.5 Å². The Morgan fingerprint density at radius 1 is 1.23 bits per heavy atom. The molecule has 30 heavy (non-hydrogen) atoms. The van der Waals surface area contributed by atoms with Crippen LogP contribution in [0.25, 0.3) is 11.4 Å². The lowest BCUT2D eigenvalue weighted by Gasteiger charge is -2.35. The van der Waals surface area contributed by atoms with Crippen LogP contribution in [0, 0.1) is 0 Å². The van der Waals surface area contributed by atoms with Crippen LogP contribution in [0.4, 0.5) is 5.82 Å². The number of rotatable bonds is 6. The Hall–Kier alpha value is -2.88. The lowest BCUT2D eigenvalue weighted by atomic mass is 10.2. The topological polar surface area (TPSA) is 101 Å². The maximum absolute atomic E-state index is 12.9. The number of pyridine rings is 1. The van der Waals surface area contributed by atoms with Gasteiger partial charge in [0.1, 0.15) is 10.7 Å². The number of amides is 1. The largest absolute Gasteiger partial charge is 0.353 e. The molecule has 0 radical (unpaired) electrons. The highest BCUT2D eigenvalue weighted by molar-refractivity contribution is 7.08. The molecule has 4 rings (SSSR count). The summed E-state index contributed by atoms with van der Waals surface area (Å²) < 4.78 is 9.24. The van der Waals surface area contributed by atoms with Gasteiger partial charge in [-0.05, 0) is 30.1 Å². The van der Waals surface area contributed by atoms with E-state index in [2.05, 4.69) is 36.5 Å². The van der Waals surface area contributed by atoms with E-state index in [-0.39, 0.29) is 11.8 Å². The third-order valence-electron chi connectivity index (χ3n) is 5.07. The summed E-state index contributed by atoms with van der Waals surface area (Å²) in [6, 6.07) is 3.92. The van der Waals surface area contributed by atoms with Crippen molar-refractivity contribution in [3.05, 3.63) is 34.8 Å². The quantitative estimate of drug-likeness (QED) is 0.592. The number of aryl methyl sites for hydroxylation is 1. The molecule has 1 saturated heterocycles. The average molecular weight is 428 g/mol. The summed E-state index contributed by atoms with van der Waals surface area (Å²) in [5.74, 6) is 2.28. The van der Waals surface area contributed by atoms with Crippen LogP contribution in [0.1, 0.15) is 54.4 Å². The molecule has 1 amide bonds. The minimum absolute atomic E-state index is 0.0365. The Bertz CT molecular complexity index is 991. The second kappa shape index (κ2) is 8.86. The van der Waals surface area contributed by atoms with Gasteiger partial charge in [-0.25, -0.2) is 4.98 Å². The molecule has 158 valence electrons. The number of nitrogens with zero attached hydrogens (tertiary/aromatic N) is 7. The second-order valence-electron chi connectivity index (χ2n) is 7.59. The van der Waals surface area contributed by atoms with Gasteiger partial charge in [-0.3, -0.25) is 4.79 Å². The molecule has 0 saturated carbocycles. The van der Waals surface area contributed by atoms with Gasteiger partial charge >= 0.3 is 0 Å². The molecule has 1 fully saturated rings. The third-order valence-corrected chi connectivity index (χ3v) is 5.83. The van der Waals surface area contributed by atoms with Crippen molar-refractivity contribution < 1.29 is 9.32 Å². The molecule has 0 aliphatic carbocycles. The molecule has 3 aromatic heterocycles. The monoisotopic (exact) mass is 427 g/mol. The van der Waals surface area contributed by atoms with E-state index >= 15 is 0 Å². The second-order valence-corrected chi connectivity index (χ2v) is 8.35. The lowest BCUT2D eigenvalue weighted by Crippen LogP contribution is -2.49. The first kappa shape index (κ1) is 20.4. The molecule has 0 bridgehead atoms. The van der Waals surface area contributed by atoms with Crippen molar-refractivity contribution in [3.63, 3.8) is 0 Å². The number of hydrogen-bond acceptors (Lipinski definition) is 9. The average Bonchev–Trinajstić information content (AvgIpc) is 3.44. The number of carbonyl (C=O) groups excluding carboxylic acids is 1. The summed E-state index contributed by atoms with van der Waals surface area (Å²) in [4.78, 5) is 26.6. The van der Waals surface area contributed by atoms with Crippen molar-refractivity contribution in [1.29, 1.82) is 0 Å². The number of carbonyl (C=O) groups is 1. The summed E-state index contributed by atoms with van der Waals surface area (Å²) in [5.41, 5.74) is 1.64. The highest BCUT2D eigenvalue weighted by Gasteiger charge is 2.26. The molecule has 4 heterocycles. The Balaban J connectivity index is 1.38. The van der Waals surface area contributed by atoms with Crippen LogP contribution in [0.3, 0.4) is 0 Å². The fourth-order valence-corrected chi connectivity index (χ4v) is 4.02. The minimum atomic E-state index is 0.0365. The molecule has 10 heteroatoms. The molecule has 0 aromatic carbocycles. The minimum Gasteiger partial charge on any atom is -0.353 e. The van der Waals surface area contributed by atoms with E-state index in [1.54, 1.807) is 6.20 Å². The highest BCUT2D eigenvalue weighted by atomic mass is 32.1. The van der Waals surface area contributed by atoms with E-state index in [0.717, 1.165) is 43.0 Å². The van der Waals surface area contributed by atoms with Crippen LogP contribution in [-0.2, 0) is 6.42 Å². The SMILES string of the molecule is CCCc1nnsc1C(=O)N1CCN(c2ccc(-c3noc(C(C)C)n3)cn2)CC1. The van der Waals surface area contributed by atoms with Gasteiger partial charge in [-0.15, -0.1) is 5.10 Å². The molecule has 0 unspecified atom stereocenters. The van der Waals surface area contributed by atoms with Gasteiger partial charge in [0.2, 0.25) is 11.7 Å². The maximum Gasteiger partial charge on any atom is 0.267 e. The Morgan fingerprint density at radius 3 is 2.67 bits per heavy atom. The van der Waals surface area contributed by atoms with E-state index in [1.165, 1.54) is 11.5 Å². The summed E-state index contributed by atoms with van der Waals surface area (Å²) in [7, 11) is 0. The first-order chi connectivity index (χ1) is 14.6. The van der Waals surface area contributed by atoms with Crippen LogP contribution in [0.5, 0.6) is 0 Å². The highest BCUT2D eigenvalue weighted by Crippen LogP contribution is 2.22. The molecule has 0 spiro atoms. The summed E-state index contributed by atoms with van der Waals surface area (Å²) >= 11 is 1.19. The van der Waals surface area contributed by atoms with E-state index < -0.39 is 0 Å². The van der Waals surface area contributed by atoms with Gasteiger partial charge in [0.25, 0.3) is 5.91 Å². The zero-order valence-corrected chi connectivity index (χ0v) is 18.2. The zero-order chi connectivity index (χ0) is 21.1. The van der Waals surface area contributed by atoms with Gasteiger partial charge < -0.3 is 14.3 Å². The summed E-state index contributed by atoms with van der Waals surface area (Å²) in [5, 5.41) is 8.14. The van der Waals surface area contributed by atoms with E-state index in [9.17, 15) is 4.79 Å². The van der Waals surface area contributed by atoms with Gasteiger partial charge in [0, 0.05) is 43.9 Å². The third kappa shape index (κ3) is 4.18. The van der Waals surface area contributed by atoms with Crippen molar-refractivity contribution >= 4 is 23.3 Å². The van der Waals surface area contributed by atoms with Gasteiger partial charge in [0.15, 0.2) is 0 Å². The van der Waals surface area contributed by atoms with Crippen LogP contribution in [-0.4, -0.2) is 61.7 Å². The fourth-order valence-electron chi connectivity index (χ4n) is 3.35. The smallest absolute Gasteiger partial charge is 0.267 e. The first-order valence-electron chi connectivity index (χ1n) is 10.2. The predicted octanol–water partition coefficient (Wildman–Crippen LogP) is 3.02. The van der Waals surface area contributed by atoms with E-state index in [0.29, 0.717) is 29.7 Å². The summed E-state index contributed by atoms with van der Waals surface area (Å²) in [6.45, 7) is 8.85.